The van der Waals surface area contributed by atoms with Gasteiger partial charge in [0.2, 0.25) is 0 Å². The van der Waals surface area contributed by atoms with E-state index in [9.17, 15) is 4.39 Å². The summed E-state index contributed by atoms with van der Waals surface area (Å²) < 4.78 is 14.4. The molecule has 0 spiro atoms. The van der Waals surface area contributed by atoms with Crippen LogP contribution in [0.2, 0.25) is 5.02 Å². The first-order chi connectivity index (χ1) is 12.2. The zero-order chi connectivity index (χ0) is 17.6. The maximum absolute atomic E-state index is 14.4. The summed E-state index contributed by atoms with van der Waals surface area (Å²) in [5.74, 6) is 5.64. The summed E-state index contributed by atoms with van der Waals surface area (Å²) in [6.07, 6.45) is 2.19. The van der Waals surface area contributed by atoms with Crippen LogP contribution in [0.5, 0.6) is 0 Å². The first-order valence-corrected chi connectivity index (χ1v) is 8.70. The minimum atomic E-state index is -0.317. The average molecular weight is 349 g/mol. The highest BCUT2D eigenvalue weighted by atomic mass is 35.5. The number of halogens is 2. The van der Waals surface area contributed by atoms with E-state index in [2.05, 4.69) is 30.9 Å². The summed E-state index contributed by atoms with van der Waals surface area (Å²) in [5, 5.41) is 0.664. The fourth-order valence-corrected chi connectivity index (χ4v) is 2.75. The molecular weight excluding hydrogens is 331 g/mol. The lowest BCUT2D eigenvalue weighted by molar-refractivity contribution is 0.625. The van der Waals surface area contributed by atoms with Crippen LogP contribution >= 0.6 is 11.6 Å². The Morgan fingerprint density at radius 3 is 2.16 bits per heavy atom. The normalized spacial score (nSPS) is 10.2. The van der Waals surface area contributed by atoms with Crippen LogP contribution in [-0.2, 0) is 6.42 Å². The third-order valence-corrected chi connectivity index (χ3v) is 4.23. The van der Waals surface area contributed by atoms with Crippen LogP contribution < -0.4 is 0 Å². The van der Waals surface area contributed by atoms with Gasteiger partial charge in [0.15, 0.2) is 0 Å². The second-order valence-electron chi connectivity index (χ2n) is 5.90. The van der Waals surface area contributed by atoms with Gasteiger partial charge >= 0.3 is 0 Å². The van der Waals surface area contributed by atoms with Crippen LogP contribution in [0, 0.1) is 17.7 Å². The monoisotopic (exact) mass is 348 g/mol. The Kier molecular flexibility index (Phi) is 5.53. The van der Waals surface area contributed by atoms with Crippen molar-refractivity contribution in [3.8, 4) is 23.0 Å². The SMILES string of the molecule is CCCc1ccc(C#Cc2ccc(-c3ccc(Cl)cc3)cc2F)cc1. The van der Waals surface area contributed by atoms with E-state index in [1.54, 1.807) is 18.2 Å². The molecule has 0 atom stereocenters. The van der Waals surface area contributed by atoms with Crippen molar-refractivity contribution < 1.29 is 4.39 Å². The van der Waals surface area contributed by atoms with Gasteiger partial charge in [0.25, 0.3) is 0 Å². The topological polar surface area (TPSA) is 0 Å². The molecule has 3 aromatic rings. The van der Waals surface area contributed by atoms with Gasteiger partial charge in [-0.15, -0.1) is 0 Å². The molecule has 0 saturated heterocycles. The van der Waals surface area contributed by atoms with Gasteiger partial charge in [-0.2, -0.15) is 0 Å². The number of hydrogen-bond acceptors (Lipinski definition) is 0. The van der Waals surface area contributed by atoms with Crippen LogP contribution in [0.4, 0.5) is 4.39 Å². The molecule has 0 aliphatic heterocycles. The van der Waals surface area contributed by atoms with Crippen molar-refractivity contribution >= 4 is 11.6 Å². The van der Waals surface area contributed by atoms with E-state index in [4.69, 9.17) is 11.6 Å². The molecule has 0 N–H and O–H groups in total. The summed E-state index contributed by atoms with van der Waals surface area (Å²) in [7, 11) is 0. The van der Waals surface area contributed by atoms with Crippen LogP contribution in [0.15, 0.2) is 66.7 Å². The molecule has 3 rings (SSSR count). The summed E-state index contributed by atoms with van der Waals surface area (Å²) in [4.78, 5) is 0. The highest BCUT2D eigenvalue weighted by Gasteiger charge is 2.03. The number of aryl methyl sites for hydroxylation is 1. The Morgan fingerprint density at radius 1 is 0.840 bits per heavy atom. The predicted octanol–water partition coefficient (Wildman–Crippen LogP) is 6.50. The molecule has 0 heterocycles. The van der Waals surface area contributed by atoms with Gasteiger partial charge in [0, 0.05) is 10.6 Å². The molecule has 3 aromatic carbocycles. The van der Waals surface area contributed by atoms with Gasteiger partial charge in [-0.05, 0) is 59.5 Å². The molecule has 0 bridgehead atoms. The Balaban J connectivity index is 1.81. The highest BCUT2D eigenvalue weighted by molar-refractivity contribution is 6.30. The predicted molar refractivity (Wildman–Crippen MR) is 103 cm³/mol. The molecule has 2 heteroatoms. The number of benzene rings is 3. The van der Waals surface area contributed by atoms with E-state index in [1.807, 2.05) is 30.3 Å². The Bertz CT molecular complexity index is 913. The third-order valence-electron chi connectivity index (χ3n) is 3.98. The van der Waals surface area contributed by atoms with Crippen molar-refractivity contribution in [2.45, 2.75) is 19.8 Å². The third kappa shape index (κ3) is 4.50. The number of rotatable bonds is 3. The maximum atomic E-state index is 14.4. The maximum Gasteiger partial charge on any atom is 0.139 e. The van der Waals surface area contributed by atoms with Crippen molar-refractivity contribution in [2.75, 3.05) is 0 Å². The molecule has 0 fully saturated rings. The highest BCUT2D eigenvalue weighted by Crippen LogP contribution is 2.23. The van der Waals surface area contributed by atoms with Gasteiger partial charge in [0.05, 0.1) is 5.56 Å². The molecule has 0 amide bonds. The van der Waals surface area contributed by atoms with Crippen molar-refractivity contribution in [3.63, 3.8) is 0 Å². The van der Waals surface area contributed by atoms with E-state index in [0.717, 1.165) is 29.5 Å². The summed E-state index contributed by atoms with van der Waals surface area (Å²) in [6.45, 7) is 2.16. The molecule has 0 aromatic heterocycles. The molecular formula is C23H18ClF. The molecule has 0 aliphatic rings. The van der Waals surface area contributed by atoms with Crippen LogP contribution in [0.25, 0.3) is 11.1 Å². The summed E-state index contributed by atoms with van der Waals surface area (Å²) in [5.41, 5.74) is 4.32. The van der Waals surface area contributed by atoms with E-state index in [1.165, 1.54) is 11.6 Å². The van der Waals surface area contributed by atoms with E-state index >= 15 is 0 Å². The van der Waals surface area contributed by atoms with Crippen molar-refractivity contribution in [2.24, 2.45) is 0 Å². The fourth-order valence-electron chi connectivity index (χ4n) is 2.62. The second kappa shape index (κ2) is 8.01. The van der Waals surface area contributed by atoms with Crippen molar-refractivity contribution in [1.82, 2.24) is 0 Å². The van der Waals surface area contributed by atoms with E-state index in [0.29, 0.717) is 10.6 Å². The zero-order valence-electron chi connectivity index (χ0n) is 14.0. The lowest BCUT2D eigenvalue weighted by Gasteiger charge is -2.03. The Labute approximate surface area is 153 Å². The van der Waals surface area contributed by atoms with Gasteiger partial charge in [-0.25, -0.2) is 4.39 Å². The molecule has 0 nitrogen and oxygen atoms in total. The molecule has 0 saturated carbocycles. The number of hydrogen-bond donors (Lipinski definition) is 0. The standard InChI is InChI=1S/C23H18ClF/c1-2-3-17-4-6-18(7-5-17)8-9-20-10-11-21(16-23(20)25)19-12-14-22(24)15-13-19/h4-7,10-16H,2-3H2,1H3. The van der Waals surface area contributed by atoms with Crippen molar-refractivity contribution in [1.29, 1.82) is 0 Å². The van der Waals surface area contributed by atoms with Crippen molar-refractivity contribution in [3.05, 3.63) is 94.3 Å². The van der Waals surface area contributed by atoms with Gasteiger partial charge in [-0.3, -0.25) is 0 Å². The smallest absolute Gasteiger partial charge is 0.139 e. The lowest BCUT2D eigenvalue weighted by atomic mass is 10.0. The quantitative estimate of drug-likeness (QED) is 0.474. The largest absolute Gasteiger partial charge is 0.206 e. The van der Waals surface area contributed by atoms with Gasteiger partial charge in [0.1, 0.15) is 5.82 Å². The first kappa shape index (κ1) is 17.3. The summed E-state index contributed by atoms with van der Waals surface area (Å²) >= 11 is 5.89. The molecule has 124 valence electrons. The van der Waals surface area contributed by atoms with Crippen LogP contribution in [0.1, 0.15) is 30.0 Å². The lowest BCUT2D eigenvalue weighted by Crippen LogP contribution is -1.87. The molecule has 25 heavy (non-hydrogen) atoms. The minimum Gasteiger partial charge on any atom is -0.206 e. The van der Waals surface area contributed by atoms with E-state index in [-0.39, 0.29) is 5.82 Å². The average Bonchev–Trinajstić information content (AvgIpc) is 2.63. The molecule has 0 aliphatic carbocycles. The summed E-state index contributed by atoms with van der Waals surface area (Å²) in [6, 6.07) is 20.6. The Hall–Kier alpha value is -2.56. The fraction of sp³-hybridized carbons (Fsp3) is 0.130. The Morgan fingerprint density at radius 2 is 1.52 bits per heavy atom. The molecule has 0 unspecified atom stereocenters. The van der Waals surface area contributed by atoms with Crippen LogP contribution in [-0.4, -0.2) is 0 Å². The van der Waals surface area contributed by atoms with E-state index < -0.39 is 0 Å². The first-order valence-electron chi connectivity index (χ1n) is 8.32. The van der Waals surface area contributed by atoms with Crippen LogP contribution in [0.3, 0.4) is 0 Å². The van der Waals surface area contributed by atoms with Gasteiger partial charge < -0.3 is 0 Å². The van der Waals surface area contributed by atoms with Gasteiger partial charge in [-0.1, -0.05) is 67.1 Å². The molecule has 0 radical (unpaired) electrons. The minimum absolute atomic E-state index is 0.317. The second-order valence-corrected chi connectivity index (χ2v) is 6.33. The zero-order valence-corrected chi connectivity index (χ0v) is 14.8.